The van der Waals surface area contributed by atoms with Crippen LogP contribution in [0.1, 0.15) is 47.1 Å². The molecule has 6 heteroatoms. The van der Waals surface area contributed by atoms with Gasteiger partial charge in [-0.2, -0.15) is 5.10 Å². The first kappa shape index (κ1) is 20.4. The number of methoxy groups -OCH3 is 2. The highest BCUT2D eigenvalue weighted by atomic mass is 16.5. The highest BCUT2D eigenvalue weighted by Crippen LogP contribution is 2.30. The zero-order chi connectivity index (χ0) is 20.3. The molecule has 1 atom stereocenters. The Kier molecular flexibility index (Phi) is 6.39. The Morgan fingerprint density at radius 3 is 2.61 bits per heavy atom. The van der Waals surface area contributed by atoms with Crippen molar-refractivity contribution >= 4 is 5.78 Å². The van der Waals surface area contributed by atoms with Gasteiger partial charge in [-0.05, 0) is 58.4 Å². The number of ketones is 1. The third-order valence-corrected chi connectivity index (χ3v) is 5.76. The molecule has 0 bridgehead atoms. The fourth-order valence-corrected chi connectivity index (χ4v) is 4.13. The number of hydrogen-bond donors (Lipinski definition) is 0. The van der Waals surface area contributed by atoms with E-state index in [4.69, 9.17) is 9.47 Å². The van der Waals surface area contributed by atoms with Crippen LogP contribution in [0.15, 0.2) is 18.2 Å². The van der Waals surface area contributed by atoms with E-state index >= 15 is 0 Å². The fourth-order valence-electron chi connectivity index (χ4n) is 4.13. The van der Waals surface area contributed by atoms with Crippen molar-refractivity contribution in [3.05, 3.63) is 40.7 Å². The second kappa shape index (κ2) is 8.78. The number of nitrogens with zero attached hydrogens (tertiary/aromatic N) is 3. The lowest BCUT2D eigenvalue weighted by Crippen LogP contribution is -2.38. The standard InChI is InChI=1S/C22H31N3O3/c1-6-25-16(3)19(15(2)23-25)14-24-11-7-8-18(13-24)22(26)17-9-10-20(27-4)21(12-17)28-5/h9-10,12,18H,6-8,11,13-14H2,1-5H3/t18-/m0/s1. The maximum Gasteiger partial charge on any atom is 0.167 e. The van der Waals surface area contributed by atoms with Crippen molar-refractivity contribution in [2.75, 3.05) is 27.3 Å². The van der Waals surface area contributed by atoms with Crippen molar-refractivity contribution in [2.45, 2.75) is 46.7 Å². The Morgan fingerprint density at radius 1 is 1.21 bits per heavy atom. The Balaban J connectivity index is 1.73. The van der Waals surface area contributed by atoms with E-state index in [1.807, 2.05) is 6.07 Å². The number of carbonyl (C=O) groups excluding carboxylic acids is 1. The smallest absolute Gasteiger partial charge is 0.167 e. The van der Waals surface area contributed by atoms with E-state index < -0.39 is 0 Å². The number of hydrogen-bond acceptors (Lipinski definition) is 5. The van der Waals surface area contributed by atoms with Crippen molar-refractivity contribution in [3.8, 4) is 11.5 Å². The largest absolute Gasteiger partial charge is 0.493 e. The van der Waals surface area contributed by atoms with Crippen LogP contribution in [0.5, 0.6) is 11.5 Å². The number of aromatic nitrogens is 2. The molecule has 0 amide bonds. The first-order valence-electron chi connectivity index (χ1n) is 9.99. The number of rotatable bonds is 7. The van der Waals surface area contributed by atoms with E-state index in [9.17, 15) is 4.79 Å². The van der Waals surface area contributed by atoms with Gasteiger partial charge in [-0.1, -0.05) is 0 Å². The average Bonchev–Trinajstić information content (AvgIpc) is 3.00. The fraction of sp³-hybridized carbons (Fsp3) is 0.545. The van der Waals surface area contributed by atoms with Crippen LogP contribution < -0.4 is 9.47 Å². The first-order valence-corrected chi connectivity index (χ1v) is 9.99. The van der Waals surface area contributed by atoms with E-state index in [1.165, 1.54) is 11.3 Å². The van der Waals surface area contributed by atoms with Gasteiger partial charge in [0.1, 0.15) is 0 Å². The van der Waals surface area contributed by atoms with Crippen molar-refractivity contribution in [3.63, 3.8) is 0 Å². The number of piperidine rings is 1. The van der Waals surface area contributed by atoms with Gasteiger partial charge in [0, 0.05) is 42.4 Å². The number of likely N-dealkylation sites (tertiary alicyclic amines) is 1. The van der Waals surface area contributed by atoms with Gasteiger partial charge in [-0.15, -0.1) is 0 Å². The number of carbonyl (C=O) groups is 1. The van der Waals surface area contributed by atoms with Crippen molar-refractivity contribution in [1.29, 1.82) is 0 Å². The predicted octanol–water partition coefficient (Wildman–Crippen LogP) is 3.63. The van der Waals surface area contributed by atoms with Crippen LogP contribution in [0.4, 0.5) is 0 Å². The van der Waals surface area contributed by atoms with Gasteiger partial charge in [0.15, 0.2) is 17.3 Å². The Morgan fingerprint density at radius 2 is 1.96 bits per heavy atom. The molecule has 152 valence electrons. The Bertz CT molecular complexity index is 844. The van der Waals surface area contributed by atoms with Crippen molar-refractivity contribution in [2.24, 2.45) is 5.92 Å². The van der Waals surface area contributed by atoms with Gasteiger partial charge in [0.05, 0.1) is 19.9 Å². The van der Waals surface area contributed by atoms with Crippen LogP contribution in [0.25, 0.3) is 0 Å². The second-order valence-electron chi connectivity index (χ2n) is 7.47. The van der Waals surface area contributed by atoms with E-state index in [-0.39, 0.29) is 11.7 Å². The molecule has 1 aliphatic heterocycles. The van der Waals surface area contributed by atoms with Gasteiger partial charge < -0.3 is 9.47 Å². The Labute approximate surface area is 167 Å². The van der Waals surface area contributed by atoms with E-state index in [1.54, 1.807) is 26.4 Å². The molecule has 2 aromatic rings. The Hall–Kier alpha value is -2.34. The zero-order valence-corrected chi connectivity index (χ0v) is 17.6. The molecule has 0 spiro atoms. The molecule has 1 aromatic carbocycles. The van der Waals surface area contributed by atoms with Crippen LogP contribution in [-0.2, 0) is 13.1 Å². The second-order valence-corrected chi connectivity index (χ2v) is 7.47. The van der Waals surface area contributed by atoms with Crippen LogP contribution in [0.2, 0.25) is 0 Å². The summed E-state index contributed by atoms with van der Waals surface area (Å²) in [5.41, 5.74) is 4.30. The summed E-state index contributed by atoms with van der Waals surface area (Å²) in [5, 5.41) is 4.63. The topological polar surface area (TPSA) is 56.6 Å². The van der Waals surface area contributed by atoms with Gasteiger partial charge in [-0.25, -0.2) is 0 Å². The highest BCUT2D eigenvalue weighted by molar-refractivity contribution is 5.98. The minimum Gasteiger partial charge on any atom is -0.493 e. The summed E-state index contributed by atoms with van der Waals surface area (Å²) in [6.07, 6.45) is 1.96. The average molecular weight is 386 g/mol. The molecule has 1 fully saturated rings. The van der Waals surface area contributed by atoms with Crippen molar-refractivity contribution < 1.29 is 14.3 Å². The molecule has 6 nitrogen and oxygen atoms in total. The SMILES string of the molecule is CCn1nc(C)c(CN2CCC[C@H](C(=O)c3ccc(OC)c(OC)c3)C2)c1C. The third kappa shape index (κ3) is 4.07. The molecule has 1 saturated heterocycles. The molecule has 1 aromatic heterocycles. The van der Waals surface area contributed by atoms with Crippen LogP contribution in [0, 0.1) is 19.8 Å². The summed E-state index contributed by atoms with van der Waals surface area (Å²) in [7, 11) is 3.19. The number of aryl methyl sites for hydroxylation is 2. The van der Waals surface area contributed by atoms with E-state index in [0.29, 0.717) is 17.1 Å². The molecule has 28 heavy (non-hydrogen) atoms. The van der Waals surface area contributed by atoms with E-state index in [2.05, 4.69) is 35.5 Å². The zero-order valence-electron chi connectivity index (χ0n) is 17.6. The van der Waals surface area contributed by atoms with Crippen LogP contribution in [0.3, 0.4) is 0 Å². The summed E-state index contributed by atoms with van der Waals surface area (Å²) in [4.78, 5) is 15.5. The lowest BCUT2D eigenvalue weighted by Gasteiger charge is -2.32. The molecule has 3 rings (SSSR count). The van der Waals surface area contributed by atoms with Crippen LogP contribution >= 0.6 is 0 Å². The molecule has 0 unspecified atom stereocenters. The molecule has 0 radical (unpaired) electrons. The van der Waals surface area contributed by atoms with E-state index in [0.717, 1.165) is 44.7 Å². The van der Waals surface area contributed by atoms with Gasteiger partial charge in [0.25, 0.3) is 0 Å². The normalized spacial score (nSPS) is 17.5. The summed E-state index contributed by atoms with van der Waals surface area (Å²) in [5.74, 6) is 1.43. The highest BCUT2D eigenvalue weighted by Gasteiger charge is 2.28. The quantitative estimate of drug-likeness (QED) is 0.681. The first-order chi connectivity index (χ1) is 13.5. The molecule has 0 saturated carbocycles. The van der Waals surface area contributed by atoms with Gasteiger partial charge >= 0.3 is 0 Å². The molecule has 1 aliphatic rings. The molecular weight excluding hydrogens is 354 g/mol. The maximum atomic E-state index is 13.1. The molecule has 2 heterocycles. The molecule has 0 aliphatic carbocycles. The number of ether oxygens (including phenoxy) is 2. The lowest BCUT2D eigenvalue weighted by atomic mass is 9.89. The summed E-state index contributed by atoms with van der Waals surface area (Å²) in [6, 6.07) is 5.43. The minimum absolute atomic E-state index is 0.00804. The number of Topliss-reactive ketones (excluding diaryl/α,β-unsaturated/α-hetero) is 1. The minimum atomic E-state index is 0.00804. The van der Waals surface area contributed by atoms with Crippen LogP contribution in [-0.4, -0.2) is 47.8 Å². The summed E-state index contributed by atoms with van der Waals surface area (Å²) < 4.78 is 12.7. The van der Waals surface area contributed by atoms with Gasteiger partial charge in [-0.3, -0.25) is 14.4 Å². The number of benzene rings is 1. The van der Waals surface area contributed by atoms with Gasteiger partial charge in [0.2, 0.25) is 0 Å². The molecular formula is C22H31N3O3. The maximum absolute atomic E-state index is 13.1. The van der Waals surface area contributed by atoms with Crippen molar-refractivity contribution in [1.82, 2.24) is 14.7 Å². The summed E-state index contributed by atoms with van der Waals surface area (Å²) >= 11 is 0. The third-order valence-electron chi connectivity index (χ3n) is 5.76. The lowest BCUT2D eigenvalue weighted by molar-refractivity contribution is 0.0811. The molecule has 0 N–H and O–H groups in total. The predicted molar refractivity (Wildman–Crippen MR) is 109 cm³/mol. The summed E-state index contributed by atoms with van der Waals surface area (Å²) in [6.45, 7) is 9.86. The monoisotopic (exact) mass is 385 g/mol.